The number of aromatic nitrogens is 4. The summed E-state index contributed by atoms with van der Waals surface area (Å²) in [7, 11) is 0. The average Bonchev–Trinajstić information content (AvgIpc) is 3.06. The van der Waals surface area contributed by atoms with E-state index in [9.17, 15) is 9.90 Å². The Labute approximate surface area is 132 Å². The second kappa shape index (κ2) is 6.21. The third-order valence-corrected chi connectivity index (χ3v) is 3.86. The Kier molecular flexibility index (Phi) is 4.12. The molecule has 0 aliphatic heterocycles. The van der Waals surface area contributed by atoms with Crippen LogP contribution in [0.25, 0.3) is 11.4 Å². The number of aryl methyl sites for hydroxylation is 1. The van der Waals surface area contributed by atoms with Gasteiger partial charge in [0, 0.05) is 11.3 Å². The van der Waals surface area contributed by atoms with Gasteiger partial charge in [-0.15, -0.1) is 0 Å². The summed E-state index contributed by atoms with van der Waals surface area (Å²) >= 11 is 0. The van der Waals surface area contributed by atoms with E-state index < -0.39 is 11.9 Å². The van der Waals surface area contributed by atoms with E-state index >= 15 is 0 Å². The molecule has 0 aliphatic carbocycles. The van der Waals surface area contributed by atoms with E-state index in [2.05, 4.69) is 10.1 Å². The number of rotatable bonds is 5. The summed E-state index contributed by atoms with van der Waals surface area (Å²) < 4.78 is 7.96. The topological polar surface area (TPSA) is 86.1 Å². The van der Waals surface area contributed by atoms with Gasteiger partial charge in [-0.2, -0.15) is 0 Å². The zero-order valence-electron chi connectivity index (χ0n) is 13.0. The minimum absolute atomic E-state index is 0.100. The van der Waals surface area contributed by atoms with Gasteiger partial charge in [-0.3, -0.25) is 9.09 Å². The van der Waals surface area contributed by atoms with Gasteiger partial charge in [-0.1, -0.05) is 35.5 Å². The van der Waals surface area contributed by atoms with Gasteiger partial charge < -0.3 is 9.67 Å². The van der Waals surface area contributed by atoms with Crippen LogP contribution in [0.4, 0.5) is 0 Å². The lowest BCUT2D eigenvalue weighted by molar-refractivity contribution is 0.131. The summed E-state index contributed by atoms with van der Waals surface area (Å²) in [6, 6.07) is 9.26. The Balaban J connectivity index is 1.82. The highest BCUT2D eigenvalue weighted by Gasteiger charge is 2.17. The van der Waals surface area contributed by atoms with Crippen LogP contribution in [0.1, 0.15) is 11.4 Å². The van der Waals surface area contributed by atoms with Crippen LogP contribution >= 0.6 is 0 Å². The molecule has 1 atom stereocenters. The third kappa shape index (κ3) is 3.09. The molecule has 1 aromatic carbocycles. The quantitative estimate of drug-likeness (QED) is 0.769. The maximum atomic E-state index is 11.9. The molecule has 0 bridgehead atoms. The van der Waals surface area contributed by atoms with Crippen molar-refractivity contribution >= 4 is 0 Å². The summed E-state index contributed by atoms with van der Waals surface area (Å²) in [5, 5.41) is 14.1. The number of hydrogen-bond acceptors (Lipinski definition) is 5. The van der Waals surface area contributed by atoms with Gasteiger partial charge in [-0.25, -0.2) is 9.78 Å². The zero-order chi connectivity index (χ0) is 16.4. The van der Waals surface area contributed by atoms with Crippen molar-refractivity contribution in [1.29, 1.82) is 0 Å². The number of hydrogen-bond donors (Lipinski definition) is 1. The van der Waals surface area contributed by atoms with Gasteiger partial charge in [0.05, 0.1) is 31.2 Å². The van der Waals surface area contributed by atoms with Crippen LogP contribution in [0.5, 0.6) is 0 Å². The summed E-state index contributed by atoms with van der Waals surface area (Å²) in [5.74, 6) is -0.172. The number of imidazole rings is 1. The van der Waals surface area contributed by atoms with Crippen LogP contribution in [0, 0.1) is 13.8 Å². The second-order valence-corrected chi connectivity index (χ2v) is 5.47. The van der Waals surface area contributed by atoms with Crippen LogP contribution < -0.4 is 5.76 Å². The summed E-state index contributed by atoms with van der Waals surface area (Å²) in [6.45, 7) is 4.30. The minimum atomic E-state index is -0.762. The van der Waals surface area contributed by atoms with Crippen molar-refractivity contribution in [2.24, 2.45) is 0 Å². The van der Waals surface area contributed by atoms with Crippen LogP contribution in [0.3, 0.4) is 0 Å². The van der Waals surface area contributed by atoms with Crippen LogP contribution in [0.2, 0.25) is 0 Å². The SMILES string of the molecule is Cc1ncn(CC(O)Cn2c(-c3ccccc3)noc2=O)c1C. The van der Waals surface area contributed by atoms with E-state index in [1.54, 1.807) is 6.33 Å². The second-order valence-electron chi connectivity index (χ2n) is 5.47. The first-order chi connectivity index (χ1) is 11.1. The molecule has 3 rings (SSSR count). The fourth-order valence-corrected chi connectivity index (χ4v) is 2.45. The molecule has 120 valence electrons. The van der Waals surface area contributed by atoms with Gasteiger partial charge in [-0.05, 0) is 13.8 Å². The highest BCUT2D eigenvalue weighted by Crippen LogP contribution is 2.15. The molecular weight excluding hydrogens is 296 g/mol. The van der Waals surface area contributed by atoms with E-state index in [-0.39, 0.29) is 6.54 Å². The van der Waals surface area contributed by atoms with Crippen molar-refractivity contribution < 1.29 is 9.63 Å². The Morgan fingerprint density at radius 2 is 1.96 bits per heavy atom. The van der Waals surface area contributed by atoms with E-state index in [4.69, 9.17) is 4.52 Å². The normalized spacial score (nSPS) is 12.5. The van der Waals surface area contributed by atoms with Gasteiger partial charge in [0.25, 0.3) is 0 Å². The Bertz CT molecular complexity index is 848. The molecule has 23 heavy (non-hydrogen) atoms. The third-order valence-electron chi connectivity index (χ3n) is 3.86. The number of benzene rings is 1. The van der Waals surface area contributed by atoms with Gasteiger partial charge >= 0.3 is 5.76 Å². The summed E-state index contributed by atoms with van der Waals surface area (Å²) in [4.78, 5) is 16.1. The molecule has 0 radical (unpaired) electrons. The lowest BCUT2D eigenvalue weighted by Gasteiger charge is -2.13. The van der Waals surface area contributed by atoms with Gasteiger partial charge in [0.1, 0.15) is 0 Å². The molecule has 7 heteroatoms. The predicted octanol–water partition coefficient (Wildman–Crippen LogP) is 1.38. The molecule has 0 fully saturated rings. The highest BCUT2D eigenvalue weighted by molar-refractivity contribution is 5.54. The van der Waals surface area contributed by atoms with Crippen molar-refractivity contribution in [1.82, 2.24) is 19.3 Å². The maximum absolute atomic E-state index is 11.9. The lowest BCUT2D eigenvalue weighted by Crippen LogP contribution is -2.27. The monoisotopic (exact) mass is 314 g/mol. The van der Waals surface area contributed by atoms with Crippen LogP contribution in [0.15, 0.2) is 46.0 Å². The number of aliphatic hydroxyl groups excluding tert-OH is 1. The number of nitrogens with zero attached hydrogens (tertiary/aromatic N) is 4. The average molecular weight is 314 g/mol. The molecule has 2 aromatic heterocycles. The first-order valence-electron chi connectivity index (χ1n) is 7.34. The summed E-state index contributed by atoms with van der Waals surface area (Å²) in [6.07, 6.45) is 0.921. The lowest BCUT2D eigenvalue weighted by atomic mass is 10.2. The van der Waals surface area contributed by atoms with E-state index in [1.165, 1.54) is 4.57 Å². The largest absolute Gasteiger partial charge is 0.441 e. The van der Waals surface area contributed by atoms with Gasteiger partial charge in [0.2, 0.25) is 0 Å². The zero-order valence-corrected chi connectivity index (χ0v) is 13.0. The fourth-order valence-electron chi connectivity index (χ4n) is 2.45. The first kappa shape index (κ1) is 15.2. The predicted molar refractivity (Wildman–Crippen MR) is 83.9 cm³/mol. The molecule has 1 unspecified atom stereocenters. The van der Waals surface area contributed by atoms with E-state index in [0.717, 1.165) is 17.0 Å². The van der Waals surface area contributed by atoms with Crippen molar-refractivity contribution in [2.45, 2.75) is 33.0 Å². The summed E-state index contributed by atoms with van der Waals surface area (Å²) in [5.41, 5.74) is 2.68. The van der Waals surface area contributed by atoms with Crippen molar-refractivity contribution in [2.75, 3.05) is 0 Å². The van der Waals surface area contributed by atoms with Gasteiger partial charge in [0.15, 0.2) is 5.82 Å². The molecule has 1 N–H and O–H groups in total. The maximum Gasteiger partial charge on any atom is 0.441 e. The van der Waals surface area contributed by atoms with E-state index in [0.29, 0.717) is 12.4 Å². The molecule has 7 nitrogen and oxygen atoms in total. The van der Waals surface area contributed by atoms with Crippen molar-refractivity contribution in [3.63, 3.8) is 0 Å². The standard InChI is InChI=1S/C16H18N4O3/c1-11-12(2)19(10-17-11)8-14(21)9-20-15(18-23-16(20)22)13-6-4-3-5-7-13/h3-7,10,14,21H,8-9H2,1-2H3. The smallest absolute Gasteiger partial charge is 0.389 e. The first-order valence-corrected chi connectivity index (χ1v) is 7.34. The Hall–Kier alpha value is -2.67. The molecule has 3 aromatic rings. The van der Waals surface area contributed by atoms with Crippen molar-refractivity contribution in [3.05, 3.63) is 58.6 Å². The Morgan fingerprint density at radius 1 is 1.22 bits per heavy atom. The van der Waals surface area contributed by atoms with Crippen molar-refractivity contribution in [3.8, 4) is 11.4 Å². The minimum Gasteiger partial charge on any atom is -0.389 e. The molecule has 0 amide bonds. The molecule has 0 spiro atoms. The van der Waals surface area contributed by atoms with Crippen LogP contribution in [-0.2, 0) is 13.1 Å². The molecular formula is C16H18N4O3. The fraction of sp³-hybridized carbons (Fsp3) is 0.312. The van der Waals surface area contributed by atoms with Crippen LogP contribution in [-0.4, -0.2) is 30.5 Å². The molecule has 0 saturated heterocycles. The highest BCUT2D eigenvalue weighted by atomic mass is 16.5. The molecule has 2 heterocycles. The Morgan fingerprint density at radius 3 is 2.61 bits per heavy atom. The number of aliphatic hydroxyl groups is 1. The van der Waals surface area contributed by atoms with E-state index in [1.807, 2.05) is 48.7 Å². The molecule has 0 aliphatic rings. The molecule has 0 saturated carbocycles.